The normalized spacial score (nSPS) is 21.4. The van der Waals surface area contributed by atoms with Gasteiger partial charge in [-0.05, 0) is 46.6 Å². The van der Waals surface area contributed by atoms with Crippen molar-refractivity contribution in [2.75, 3.05) is 19.6 Å². The maximum Gasteiger partial charge on any atom is 0.113 e. The summed E-state index contributed by atoms with van der Waals surface area (Å²) >= 11 is 0. The minimum atomic E-state index is -0.162. The summed E-state index contributed by atoms with van der Waals surface area (Å²) in [5.41, 5.74) is 6.52. The lowest BCUT2D eigenvalue weighted by Crippen LogP contribution is -2.58. The van der Waals surface area contributed by atoms with Gasteiger partial charge in [0.2, 0.25) is 0 Å². The molecule has 0 amide bonds. The van der Waals surface area contributed by atoms with Crippen LogP contribution in [0.1, 0.15) is 27.8 Å². The lowest BCUT2D eigenvalue weighted by Gasteiger charge is -2.44. The molecule has 4 nitrogen and oxygen atoms in total. The fourth-order valence-corrected chi connectivity index (χ4v) is 6.16. The summed E-state index contributed by atoms with van der Waals surface area (Å²) < 4.78 is 20.0. The van der Waals surface area contributed by atoms with Gasteiger partial charge >= 0.3 is 0 Å². The molecule has 0 spiro atoms. The fraction of sp³-hybridized carbons (Fsp3) is 0.333. The largest absolute Gasteiger partial charge is 0.369 e. The predicted octanol–water partition coefficient (Wildman–Crippen LogP) is 6.47. The maximum atomic E-state index is 6.66. The van der Waals surface area contributed by atoms with E-state index in [0.29, 0.717) is 25.7 Å². The molecule has 0 radical (unpaired) electrons. The number of hydrogen-bond donors (Lipinski definition) is 0. The van der Waals surface area contributed by atoms with Gasteiger partial charge in [-0.1, -0.05) is 115 Å². The van der Waals surface area contributed by atoms with Crippen molar-refractivity contribution in [1.29, 1.82) is 0 Å². The molecule has 2 atom stereocenters. The zero-order valence-electron chi connectivity index (χ0n) is 23.1. The first-order valence-corrected chi connectivity index (χ1v) is 14.6. The highest BCUT2D eigenvalue weighted by Gasteiger charge is 2.40. The molecular formula is C36H39NO3. The Morgan fingerprint density at radius 2 is 0.900 bits per heavy atom. The molecule has 0 bridgehead atoms. The van der Waals surface area contributed by atoms with Crippen LogP contribution in [-0.2, 0) is 46.9 Å². The van der Waals surface area contributed by atoms with Crippen molar-refractivity contribution in [2.45, 2.75) is 51.0 Å². The second kappa shape index (κ2) is 13.4. The molecule has 2 aliphatic rings. The molecule has 1 fully saturated rings. The van der Waals surface area contributed by atoms with Crippen LogP contribution < -0.4 is 0 Å². The molecule has 0 aromatic heterocycles. The van der Waals surface area contributed by atoms with Crippen molar-refractivity contribution in [2.24, 2.45) is 5.92 Å². The summed E-state index contributed by atoms with van der Waals surface area (Å²) in [4.78, 5) is 2.56. The van der Waals surface area contributed by atoms with Crippen molar-refractivity contribution in [3.05, 3.63) is 143 Å². The molecule has 40 heavy (non-hydrogen) atoms. The zero-order chi connectivity index (χ0) is 27.0. The number of nitrogens with zero attached hydrogens (tertiary/aromatic N) is 1. The zero-order valence-corrected chi connectivity index (χ0v) is 23.1. The Morgan fingerprint density at radius 3 is 1.35 bits per heavy atom. The quantitative estimate of drug-likeness (QED) is 0.221. The number of fused-ring (bicyclic) bond motifs is 1. The lowest BCUT2D eigenvalue weighted by atomic mass is 9.98. The van der Waals surface area contributed by atoms with Crippen LogP contribution >= 0.6 is 0 Å². The Morgan fingerprint density at radius 1 is 0.500 bits per heavy atom. The van der Waals surface area contributed by atoms with Crippen LogP contribution in [0.2, 0.25) is 0 Å². The number of likely N-dealkylation sites (tertiary alicyclic amines) is 1. The van der Waals surface area contributed by atoms with Gasteiger partial charge in [-0.15, -0.1) is 0 Å². The van der Waals surface area contributed by atoms with E-state index in [9.17, 15) is 0 Å². The topological polar surface area (TPSA) is 30.9 Å². The standard InChI is InChI=1S/C36H39NO3/c1-4-12-28(13-5-1)25-38-34-23-37(22-31-20-32-18-10-11-19-33(32)21-31)24-35(39-26-29-14-6-2-7-15-29)36(34)40-27-30-16-8-3-9-17-30/h1-19,31,34-36H,20-27H2. The van der Waals surface area contributed by atoms with E-state index in [1.165, 1.54) is 22.3 Å². The second-order valence-electron chi connectivity index (χ2n) is 11.2. The second-order valence-corrected chi connectivity index (χ2v) is 11.2. The third-order valence-corrected chi connectivity index (χ3v) is 8.16. The van der Waals surface area contributed by atoms with Gasteiger partial charge in [0, 0.05) is 19.6 Å². The van der Waals surface area contributed by atoms with Crippen LogP contribution in [-0.4, -0.2) is 42.8 Å². The fourth-order valence-electron chi connectivity index (χ4n) is 6.16. The summed E-state index contributed by atoms with van der Waals surface area (Å²) in [7, 11) is 0. The Bertz CT molecular complexity index is 1240. The molecule has 4 aromatic carbocycles. The minimum absolute atomic E-state index is 0.0952. The Labute approximate surface area is 238 Å². The van der Waals surface area contributed by atoms with E-state index < -0.39 is 0 Å². The van der Waals surface area contributed by atoms with Crippen molar-refractivity contribution >= 4 is 0 Å². The van der Waals surface area contributed by atoms with Crippen molar-refractivity contribution in [3.8, 4) is 0 Å². The van der Waals surface area contributed by atoms with Crippen LogP contribution in [0.4, 0.5) is 0 Å². The molecule has 6 rings (SSSR count). The number of rotatable bonds is 11. The highest BCUT2D eigenvalue weighted by Crippen LogP contribution is 2.30. The first-order valence-electron chi connectivity index (χ1n) is 14.6. The van der Waals surface area contributed by atoms with E-state index in [4.69, 9.17) is 14.2 Å². The van der Waals surface area contributed by atoms with E-state index in [1.54, 1.807) is 0 Å². The molecule has 1 heterocycles. The first-order chi connectivity index (χ1) is 19.8. The Kier molecular flexibility index (Phi) is 9.01. The number of hydrogen-bond acceptors (Lipinski definition) is 4. The summed E-state index contributed by atoms with van der Waals surface area (Å²) in [6.45, 7) is 4.38. The van der Waals surface area contributed by atoms with Crippen LogP contribution in [0.3, 0.4) is 0 Å². The average Bonchev–Trinajstić information content (AvgIpc) is 3.42. The van der Waals surface area contributed by atoms with Gasteiger partial charge in [0.25, 0.3) is 0 Å². The molecular weight excluding hydrogens is 494 g/mol. The first kappa shape index (κ1) is 26.9. The average molecular weight is 534 g/mol. The van der Waals surface area contributed by atoms with Gasteiger partial charge in [0.1, 0.15) is 6.10 Å². The smallest absolute Gasteiger partial charge is 0.113 e. The van der Waals surface area contributed by atoms with E-state index in [2.05, 4.69) is 102 Å². The highest BCUT2D eigenvalue weighted by molar-refractivity contribution is 5.32. The van der Waals surface area contributed by atoms with Crippen molar-refractivity contribution < 1.29 is 14.2 Å². The van der Waals surface area contributed by atoms with Crippen LogP contribution in [0.25, 0.3) is 0 Å². The summed E-state index contributed by atoms with van der Waals surface area (Å²) in [6.07, 6.45) is 1.94. The van der Waals surface area contributed by atoms with E-state index >= 15 is 0 Å². The van der Waals surface area contributed by atoms with Crippen LogP contribution in [0.15, 0.2) is 115 Å². The molecule has 206 valence electrons. The Balaban J connectivity index is 1.20. The van der Waals surface area contributed by atoms with Gasteiger partial charge in [-0.2, -0.15) is 0 Å². The molecule has 2 unspecified atom stereocenters. The predicted molar refractivity (Wildman–Crippen MR) is 159 cm³/mol. The van der Waals surface area contributed by atoms with Crippen molar-refractivity contribution in [3.63, 3.8) is 0 Å². The number of piperidine rings is 1. The molecule has 0 N–H and O–H groups in total. The summed E-state index contributed by atoms with van der Waals surface area (Å²) in [5.74, 6) is 0.615. The van der Waals surface area contributed by atoms with E-state index in [-0.39, 0.29) is 18.3 Å². The molecule has 4 heteroatoms. The Hall–Kier alpha value is -3.28. The molecule has 0 saturated carbocycles. The van der Waals surface area contributed by atoms with Gasteiger partial charge in [0.15, 0.2) is 0 Å². The van der Waals surface area contributed by atoms with Gasteiger partial charge in [0.05, 0.1) is 32.0 Å². The third kappa shape index (κ3) is 7.07. The SMILES string of the molecule is c1ccc(COC2CN(CC3Cc4ccccc4C3)CC(OCc3ccccc3)C2OCc2ccccc2)cc1. The van der Waals surface area contributed by atoms with E-state index in [1.807, 2.05) is 18.2 Å². The monoisotopic (exact) mass is 533 g/mol. The van der Waals surface area contributed by atoms with Gasteiger partial charge in [-0.3, -0.25) is 4.90 Å². The minimum Gasteiger partial charge on any atom is -0.369 e. The highest BCUT2D eigenvalue weighted by atomic mass is 16.6. The number of ether oxygens (including phenoxy) is 3. The van der Waals surface area contributed by atoms with Crippen LogP contribution in [0.5, 0.6) is 0 Å². The summed E-state index contributed by atoms with van der Waals surface area (Å²) in [6, 6.07) is 40.2. The molecule has 1 aliphatic carbocycles. The molecule has 4 aromatic rings. The van der Waals surface area contributed by atoms with Crippen molar-refractivity contribution in [1.82, 2.24) is 4.90 Å². The van der Waals surface area contributed by atoms with Gasteiger partial charge in [-0.25, -0.2) is 0 Å². The van der Waals surface area contributed by atoms with Crippen LogP contribution in [0, 0.1) is 5.92 Å². The summed E-state index contributed by atoms with van der Waals surface area (Å²) in [5, 5.41) is 0. The maximum absolute atomic E-state index is 6.66. The van der Waals surface area contributed by atoms with E-state index in [0.717, 1.165) is 38.0 Å². The number of benzene rings is 4. The third-order valence-electron chi connectivity index (χ3n) is 8.16. The molecule has 1 aliphatic heterocycles. The molecule has 1 saturated heterocycles. The lowest BCUT2D eigenvalue weighted by molar-refractivity contribution is -0.185. The van der Waals surface area contributed by atoms with Gasteiger partial charge < -0.3 is 14.2 Å².